The SMILES string of the molecule is Cc1ccc(CC(=O)NC2C(=O)NCC23CCOCC3)cc1Cl. The van der Waals surface area contributed by atoms with Gasteiger partial charge in [-0.2, -0.15) is 0 Å². The molecule has 1 atom stereocenters. The van der Waals surface area contributed by atoms with Crippen molar-refractivity contribution in [3.63, 3.8) is 0 Å². The number of hydrogen-bond donors (Lipinski definition) is 2. The van der Waals surface area contributed by atoms with E-state index in [2.05, 4.69) is 10.6 Å². The van der Waals surface area contributed by atoms with E-state index in [-0.39, 0.29) is 23.7 Å². The fraction of sp³-hybridized carbons (Fsp3) is 0.529. The van der Waals surface area contributed by atoms with E-state index in [0.29, 0.717) is 24.8 Å². The van der Waals surface area contributed by atoms with Crippen molar-refractivity contribution >= 4 is 23.4 Å². The molecule has 1 aromatic rings. The minimum absolute atomic E-state index is 0.0952. The summed E-state index contributed by atoms with van der Waals surface area (Å²) in [4.78, 5) is 24.5. The molecule has 2 aliphatic rings. The van der Waals surface area contributed by atoms with E-state index in [9.17, 15) is 9.59 Å². The summed E-state index contributed by atoms with van der Waals surface area (Å²) in [5.41, 5.74) is 1.61. The first-order chi connectivity index (χ1) is 11.0. The van der Waals surface area contributed by atoms with Crippen LogP contribution in [-0.2, 0) is 20.7 Å². The molecule has 5 nitrogen and oxygen atoms in total. The molecule has 2 heterocycles. The molecule has 6 heteroatoms. The third-order valence-corrected chi connectivity index (χ3v) is 5.29. The van der Waals surface area contributed by atoms with Gasteiger partial charge < -0.3 is 15.4 Å². The number of carbonyl (C=O) groups is 2. The zero-order valence-corrected chi connectivity index (χ0v) is 13.9. The smallest absolute Gasteiger partial charge is 0.243 e. The van der Waals surface area contributed by atoms with Gasteiger partial charge in [0.15, 0.2) is 0 Å². The number of nitrogens with one attached hydrogen (secondary N) is 2. The molecule has 0 bridgehead atoms. The van der Waals surface area contributed by atoms with E-state index in [1.54, 1.807) is 6.07 Å². The van der Waals surface area contributed by atoms with Crippen LogP contribution in [-0.4, -0.2) is 37.6 Å². The molecule has 0 saturated carbocycles. The maximum absolute atomic E-state index is 12.4. The quantitative estimate of drug-likeness (QED) is 0.881. The van der Waals surface area contributed by atoms with Gasteiger partial charge in [0, 0.05) is 30.2 Å². The van der Waals surface area contributed by atoms with Crippen molar-refractivity contribution in [3.8, 4) is 0 Å². The Hall–Kier alpha value is -1.59. The van der Waals surface area contributed by atoms with E-state index in [4.69, 9.17) is 16.3 Å². The third kappa shape index (κ3) is 3.35. The maximum Gasteiger partial charge on any atom is 0.243 e. The Kier molecular flexibility index (Phi) is 4.60. The summed E-state index contributed by atoms with van der Waals surface area (Å²) in [6.45, 7) is 3.80. The molecule has 124 valence electrons. The number of ether oxygens (including phenoxy) is 1. The highest BCUT2D eigenvalue weighted by Crippen LogP contribution is 2.37. The maximum atomic E-state index is 12.4. The summed E-state index contributed by atoms with van der Waals surface area (Å²) in [5, 5.41) is 6.46. The van der Waals surface area contributed by atoms with Crippen molar-refractivity contribution in [1.29, 1.82) is 0 Å². The van der Waals surface area contributed by atoms with Crippen LogP contribution in [0.15, 0.2) is 18.2 Å². The third-order valence-electron chi connectivity index (χ3n) is 4.88. The van der Waals surface area contributed by atoms with Crippen LogP contribution in [0.25, 0.3) is 0 Å². The fourth-order valence-electron chi connectivity index (χ4n) is 3.35. The van der Waals surface area contributed by atoms with Crippen LogP contribution in [0, 0.1) is 12.3 Å². The highest BCUT2D eigenvalue weighted by Gasteiger charge is 2.49. The highest BCUT2D eigenvalue weighted by molar-refractivity contribution is 6.31. The highest BCUT2D eigenvalue weighted by atomic mass is 35.5. The van der Waals surface area contributed by atoms with Crippen molar-refractivity contribution in [2.24, 2.45) is 5.41 Å². The van der Waals surface area contributed by atoms with Crippen LogP contribution in [0.2, 0.25) is 5.02 Å². The minimum Gasteiger partial charge on any atom is -0.381 e. The normalized spacial score (nSPS) is 22.9. The number of aryl methyl sites for hydroxylation is 1. The van der Waals surface area contributed by atoms with Gasteiger partial charge in [0.25, 0.3) is 0 Å². The number of carbonyl (C=O) groups excluding carboxylic acids is 2. The molecule has 0 aliphatic carbocycles. The first kappa shape index (κ1) is 16.3. The molecule has 0 radical (unpaired) electrons. The summed E-state index contributed by atoms with van der Waals surface area (Å²) in [5.74, 6) is -0.250. The van der Waals surface area contributed by atoms with Gasteiger partial charge in [-0.25, -0.2) is 0 Å². The molecule has 23 heavy (non-hydrogen) atoms. The predicted octanol–water partition coefficient (Wildman–Crippen LogP) is 1.60. The van der Waals surface area contributed by atoms with Gasteiger partial charge >= 0.3 is 0 Å². The Morgan fingerprint density at radius 1 is 1.43 bits per heavy atom. The van der Waals surface area contributed by atoms with Gasteiger partial charge in [-0.05, 0) is 37.0 Å². The van der Waals surface area contributed by atoms with Crippen molar-refractivity contribution < 1.29 is 14.3 Å². The van der Waals surface area contributed by atoms with Crippen LogP contribution in [0.4, 0.5) is 0 Å². The van der Waals surface area contributed by atoms with Crippen LogP contribution in [0.1, 0.15) is 24.0 Å². The Balaban J connectivity index is 1.68. The van der Waals surface area contributed by atoms with Crippen LogP contribution < -0.4 is 10.6 Å². The Labute approximate surface area is 140 Å². The molecule has 2 amide bonds. The van der Waals surface area contributed by atoms with Gasteiger partial charge in [-0.15, -0.1) is 0 Å². The molecule has 1 unspecified atom stereocenters. The molecule has 0 aromatic heterocycles. The molecule has 1 spiro atoms. The monoisotopic (exact) mass is 336 g/mol. The second kappa shape index (κ2) is 6.49. The van der Waals surface area contributed by atoms with Crippen molar-refractivity contribution in [2.75, 3.05) is 19.8 Å². The first-order valence-corrected chi connectivity index (χ1v) is 8.28. The second-order valence-corrected chi connectivity index (χ2v) is 6.86. The summed E-state index contributed by atoms with van der Waals surface area (Å²) in [7, 11) is 0. The van der Waals surface area contributed by atoms with Gasteiger partial charge in [0.05, 0.1) is 6.42 Å². The summed E-state index contributed by atoms with van der Waals surface area (Å²) in [6.07, 6.45) is 1.79. The second-order valence-electron chi connectivity index (χ2n) is 6.45. The fourth-order valence-corrected chi connectivity index (χ4v) is 3.55. The zero-order chi connectivity index (χ0) is 16.4. The minimum atomic E-state index is -0.472. The average Bonchev–Trinajstić information content (AvgIpc) is 2.81. The van der Waals surface area contributed by atoms with E-state index in [1.165, 1.54) is 0 Å². The van der Waals surface area contributed by atoms with Crippen molar-refractivity contribution in [2.45, 2.75) is 32.2 Å². The lowest BCUT2D eigenvalue weighted by atomic mass is 9.76. The van der Waals surface area contributed by atoms with Crippen LogP contribution in [0.5, 0.6) is 0 Å². The number of halogens is 1. The van der Waals surface area contributed by atoms with Crippen molar-refractivity contribution in [3.05, 3.63) is 34.3 Å². The number of amides is 2. The zero-order valence-electron chi connectivity index (χ0n) is 13.2. The standard InChI is InChI=1S/C17H21ClN2O3/c1-11-2-3-12(8-13(11)18)9-14(21)20-15-16(22)19-10-17(15)4-6-23-7-5-17/h2-3,8,15H,4-7,9-10H2,1H3,(H,19,22)(H,20,21). The number of benzene rings is 1. The molecule has 2 aliphatic heterocycles. The number of hydrogen-bond acceptors (Lipinski definition) is 3. The molecule has 3 rings (SSSR count). The Bertz CT molecular complexity index is 626. The van der Waals surface area contributed by atoms with Gasteiger partial charge in [0.1, 0.15) is 6.04 Å². The molecule has 2 N–H and O–H groups in total. The largest absolute Gasteiger partial charge is 0.381 e. The molecular formula is C17H21ClN2O3. The lowest BCUT2D eigenvalue weighted by molar-refractivity contribution is -0.129. The molecular weight excluding hydrogens is 316 g/mol. The Morgan fingerprint density at radius 2 is 2.17 bits per heavy atom. The van der Waals surface area contributed by atoms with Crippen LogP contribution >= 0.6 is 11.6 Å². The summed E-state index contributed by atoms with van der Waals surface area (Å²) < 4.78 is 5.40. The summed E-state index contributed by atoms with van der Waals surface area (Å²) in [6, 6.07) is 5.11. The van der Waals surface area contributed by atoms with Crippen LogP contribution in [0.3, 0.4) is 0 Å². The van der Waals surface area contributed by atoms with Gasteiger partial charge in [0.2, 0.25) is 11.8 Å². The van der Waals surface area contributed by atoms with E-state index >= 15 is 0 Å². The van der Waals surface area contributed by atoms with Gasteiger partial charge in [-0.3, -0.25) is 9.59 Å². The number of rotatable bonds is 3. The molecule has 1 aromatic carbocycles. The topological polar surface area (TPSA) is 67.4 Å². The average molecular weight is 337 g/mol. The van der Waals surface area contributed by atoms with E-state index < -0.39 is 6.04 Å². The van der Waals surface area contributed by atoms with Gasteiger partial charge in [-0.1, -0.05) is 23.7 Å². The van der Waals surface area contributed by atoms with E-state index in [1.807, 2.05) is 19.1 Å². The first-order valence-electron chi connectivity index (χ1n) is 7.90. The summed E-state index contributed by atoms with van der Waals surface area (Å²) >= 11 is 6.10. The molecule has 2 fully saturated rings. The lowest BCUT2D eigenvalue weighted by Crippen LogP contribution is -2.51. The van der Waals surface area contributed by atoms with E-state index in [0.717, 1.165) is 24.0 Å². The predicted molar refractivity (Wildman–Crippen MR) is 87.3 cm³/mol. The molecule has 2 saturated heterocycles. The Morgan fingerprint density at radius 3 is 2.87 bits per heavy atom. The van der Waals surface area contributed by atoms with Crippen molar-refractivity contribution in [1.82, 2.24) is 10.6 Å². The lowest BCUT2D eigenvalue weighted by Gasteiger charge is -2.36.